The van der Waals surface area contributed by atoms with E-state index < -0.39 is 0 Å². The number of hydrogen-bond acceptors (Lipinski definition) is 4. The summed E-state index contributed by atoms with van der Waals surface area (Å²) in [4.78, 5) is 16.6. The third-order valence-electron chi connectivity index (χ3n) is 4.71. The summed E-state index contributed by atoms with van der Waals surface area (Å²) < 4.78 is 0. The van der Waals surface area contributed by atoms with Crippen LogP contribution in [-0.4, -0.2) is 17.4 Å². The van der Waals surface area contributed by atoms with Gasteiger partial charge in [-0.25, -0.2) is 4.98 Å². The Labute approximate surface area is 165 Å². The van der Waals surface area contributed by atoms with Gasteiger partial charge in [-0.1, -0.05) is 23.8 Å². The molecule has 0 saturated heterocycles. The van der Waals surface area contributed by atoms with Crippen molar-refractivity contribution >= 4 is 16.8 Å². The molecule has 0 radical (unpaired) electrons. The van der Waals surface area contributed by atoms with Gasteiger partial charge >= 0.3 is 0 Å². The number of allylic oxidation sites excluding steroid dienone is 3. The Morgan fingerprint density at radius 3 is 2.89 bits per heavy atom. The van der Waals surface area contributed by atoms with E-state index in [1.807, 2.05) is 31.2 Å². The van der Waals surface area contributed by atoms with Gasteiger partial charge in [0.25, 0.3) is 0 Å². The van der Waals surface area contributed by atoms with Crippen LogP contribution in [0.15, 0.2) is 59.8 Å². The number of carbonyl (C=O) groups excluding carboxylic acids is 1. The van der Waals surface area contributed by atoms with Crippen molar-refractivity contribution in [1.29, 1.82) is 5.26 Å². The van der Waals surface area contributed by atoms with E-state index in [4.69, 9.17) is 5.26 Å². The van der Waals surface area contributed by atoms with Gasteiger partial charge in [-0.15, -0.1) is 0 Å². The highest BCUT2D eigenvalue weighted by Gasteiger charge is 2.13. The number of nitrogens with one attached hydrogen (secondary N) is 2. The van der Waals surface area contributed by atoms with Crippen molar-refractivity contribution in [1.82, 2.24) is 15.6 Å². The topological polar surface area (TPSA) is 77.8 Å². The number of nitrogens with zero attached hydrogens (tertiary/aromatic N) is 2. The van der Waals surface area contributed by atoms with E-state index in [9.17, 15) is 4.79 Å². The van der Waals surface area contributed by atoms with Crippen molar-refractivity contribution < 1.29 is 4.79 Å². The fraction of sp³-hybridized carbons (Fsp3) is 0.261. The molecule has 0 fully saturated rings. The van der Waals surface area contributed by atoms with Crippen molar-refractivity contribution in [2.45, 2.75) is 33.2 Å². The predicted octanol–water partition coefficient (Wildman–Crippen LogP) is 3.97. The predicted molar refractivity (Wildman–Crippen MR) is 111 cm³/mol. The van der Waals surface area contributed by atoms with Gasteiger partial charge in [0.1, 0.15) is 11.8 Å². The van der Waals surface area contributed by atoms with Gasteiger partial charge in [0, 0.05) is 29.7 Å². The quantitative estimate of drug-likeness (QED) is 0.854. The lowest BCUT2D eigenvalue weighted by Crippen LogP contribution is -2.25. The Balaban J connectivity index is 1.95. The molecule has 2 aromatic rings. The zero-order valence-electron chi connectivity index (χ0n) is 16.4. The molecule has 1 aliphatic rings. The van der Waals surface area contributed by atoms with Crippen LogP contribution in [-0.2, 0) is 4.79 Å². The molecule has 2 N–H and O–H groups in total. The molecule has 0 saturated carbocycles. The van der Waals surface area contributed by atoms with E-state index in [0.29, 0.717) is 12.2 Å². The lowest BCUT2D eigenvalue weighted by atomic mass is 9.99. The summed E-state index contributed by atoms with van der Waals surface area (Å²) in [5, 5.41) is 16.5. The summed E-state index contributed by atoms with van der Waals surface area (Å²) in [7, 11) is 0. The third kappa shape index (κ3) is 4.66. The number of aryl methyl sites for hydroxylation is 1. The molecule has 1 aromatic heterocycles. The fourth-order valence-electron chi connectivity index (χ4n) is 3.27. The van der Waals surface area contributed by atoms with Crippen LogP contribution in [0.4, 0.5) is 0 Å². The van der Waals surface area contributed by atoms with Crippen LogP contribution < -0.4 is 10.6 Å². The number of rotatable bonds is 3. The van der Waals surface area contributed by atoms with Crippen LogP contribution in [0.2, 0.25) is 0 Å². The number of amides is 1. The second-order valence-corrected chi connectivity index (χ2v) is 7.11. The molecule has 5 nitrogen and oxygen atoms in total. The molecule has 142 valence electrons. The van der Waals surface area contributed by atoms with Crippen molar-refractivity contribution in [3.05, 3.63) is 76.7 Å². The first-order valence-electron chi connectivity index (χ1n) is 9.37. The monoisotopic (exact) mass is 372 g/mol. The normalized spacial score (nSPS) is 20.7. The zero-order chi connectivity index (χ0) is 20.1. The van der Waals surface area contributed by atoms with Crippen LogP contribution in [0.25, 0.3) is 10.9 Å². The van der Waals surface area contributed by atoms with E-state index in [1.165, 1.54) is 5.57 Å². The number of fused-ring (bicyclic) bond motifs is 1. The third-order valence-corrected chi connectivity index (χ3v) is 4.71. The molecule has 1 aliphatic heterocycles. The summed E-state index contributed by atoms with van der Waals surface area (Å²) >= 11 is 0. The smallest absolute Gasteiger partial charge is 0.246 e. The summed E-state index contributed by atoms with van der Waals surface area (Å²) in [6, 6.07) is 9.81. The highest BCUT2D eigenvalue weighted by Crippen LogP contribution is 2.26. The average Bonchev–Trinajstić information content (AvgIpc) is 2.66. The first-order valence-corrected chi connectivity index (χ1v) is 9.37. The van der Waals surface area contributed by atoms with Crippen molar-refractivity contribution in [3.63, 3.8) is 0 Å². The Kier molecular flexibility index (Phi) is 5.90. The fourth-order valence-corrected chi connectivity index (χ4v) is 3.27. The molecule has 1 atom stereocenters. The van der Waals surface area contributed by atoms with E-state index >= 15 is 0 Å². The number of aromatic nitrogens is 1. The number of hydrogen-bond donors (Lipinski definition) is 2. The molecule has 1 aromatic carbocycles. The Hall–Kier alpha value is -3.39. The molecule has 0 bridgehead atoms. The Morgan fingerprint density at radius 1 is 1.29 bits per heavy atom. The summed E-state index contributed by atoms with van der Waals surface area (Å²) in [5.74, 6) is -0.108. The van der Waals surface area contributed by atoms with Gasteiger partial charge in [0.15, 0.2) is 0 Å². The van der Waals surface area contributed by atoms with Crippen molar-refractivity contribution in [2.24, 2.45) is 0 Å². The second kappa shape index (κ2) is 8.53. The van der Waals surface area contributed by atoms with E-state index in [2.05, 4.69) is 47.7 Å². The average molecular weight is 372 g/mol. The minimum atomic E-state index is -0.108. The van der Waals surface area contributed by atoms with Gasteiger partial charge in [-0.2, -0.15) is 5.26 Å². The molecular formula is C23H24N4O. The maximum atomic E-state index is 12.2. The van der Waals surface area contributed by atoms with Crippen LogP contribution >= 0.6 is 0 Å². The van der Waals surface area contributed by atoms with Crippen molar-refractivity contribution in [3.8, 4) is 6.07 Å². The number of carbonyl (C=O) groups is 1. The van der Waals surface area contributed by atoms with Crippen LogP contribution in [0.5, 0.6) is 0 Å². The first kappa shape index (κ1) is 19.4. The van der Waals surface area contributed by atoms with Crippen LogP contribution in [0, 0.1) is 18.3 Å². The molecule has 28 heavy (non-hydrogen) atoms. The van der Waals surface area contributed by atoms with E-state index in [0.717, 1.165) is 34.1 Å². The maximum Gasteiger partial charge on any atom is 0.246 e. The highest BCUT2D eigenvalue weighted by molar-refractivity contribution is 5.88. The van der Waals surface area contributed by atoms with Gasteiger partial charge in [-0.05, 0) is 62.6 Å². The first-order chi connectivity index (χ1) is 13.5. The van der Waals surface area contributed by atoms with Gasteiger partial charge in [0.2, 0.25) is 5.91 Å². The van der Waals surface area contributed by atoms with E-state index in [-0.39, 0.29) is 11.9 Å². The molecule has 0 aliphatic carbocycles. The Morgan fingerprint density at radius 2 is 2.11 bits per heavy atom. The number of pyridine rings is 1. The molecule has 3 rings (SSSR count). The van der Waals surface area contributed by atoms with Crippen LogP contribution in [0.1, 0.15) is 43.1 Å². The SMILES string of the molecule is C\C1=C/C=C\C(NC(C)c2cc(C)cc3nc(C#N)ccc23)=C\C(=O)NCC1. The minimum Gasteiger partial charge on any atom is -0.378 e. The zero-order valence-corrected chi connectivity index (χ0v) is 16.4. The minimum absolute atomic E-state index is 0.0474. The summed E-state index contributed by atoms with van der Waals surface area (Å²) in [6.07, 6.45) is 8.37. The molecular weight excluding hydrogens is 348 g/mol. The molecule has 1 unspecified atom stereocenters. The Bertz CT molecular complexity index is 1040. The number of benzene rings is 1. The largest absolute Gasteiger partial charge is 0.378 e. The standard InChI is InChI=1S/C23H24N4O/c1-15-5-4-6-18(13-23(28)25-10-9-15)26-17(3)21-11-16(2)12-22-20(21)8-7-19(14-24)27-22/h4-8,11-13,17,26H,9-10H2,1-3H3,(H,25,28)/b6-4-,15-5+,18-13-. The van der Waals surface area contributed by atoms with Gasteiger partial charge < -0.3 is 10.6 Å². The molecule has 5 heteroatoms. The lowest BCUT2D eigenvalue weighted by molar-refractivity contribution is -0.116. The van der Waals surface area contributed by atoms with Gasteiger partial charge in [0.05, 0.1) is 5.52 Å². The highest BCUT2D eigenvalue weighted by atomic mass is 16.1. The number of nitriles is 1. The van der Waals surface area contributed by atoms with Gasteiger partial charge in [-0.3, -0.25) is 4.79 Å². The maximum absolute atomic E-state index is 12.2. The second-order valence-electron chi connectivity index (χ2n) is 7.11. The van der Waals surface area contributed by atoms with E-state index in [1.54, 1.807) is 12.1 Å². The summed E-state index contributed by atoms with van der Waals surface area (Å²) in [5.41, 5.74) is 5.31. The van der Waals surface area contributed by atoms with Crippen molar-refractivity contribution in [2.75, 3.05) is 6.54 Å². The molecule has 1 amide bonds. The van der Waals surface area contributed by atoms with Crippen LogP contribution in [0.3, 0.4) is 0 Å². The summed E-state index contributed by atoms with van der Waals surface area (Å²) in [6.45, 7) is 6.75. The molecule has 0 spiro atoms. The lowest BCUT2D eigenvalue weighted by Gasteiger charge is -2.19. The molecule has 2 heterocycles.